The van der Waals surface area contributed by atoms with Crippen LogP contribution in [0.25, 0.3) is 0 Å². The molecule has 0 heterocycles. The van der Waals surface area contributed by atoms with Gasteiger partial charge < -0.3 is 23.8 Å². The maximum absolute atomic E-state index is 12.9. The van der Waals surface area contributed by atoms with Gasteiger partial charge in [-0.05, 0) is 54.4 Å². The van der Waals surface area contributed by atoms with E-state index in [1.807, 2.05) is 0 Å². The topological polar surface area (TPSA) is 100 Å². The zero-order chi connectivity index (χ0) is 19.5. The van der Waals surface area contributed by atoms with E-state index in [2.05, 4.69) is 5.32 Å². The monoisotopic (exact) mass is 381 g/mol. The van der Waals surface area contributed by atoms with Crippen LogP contribution >= 0.6 is 7.60 Å². The number of nitrogens with one attached hydrogen (secondary N) is 1. The fourth-order valence-corrected chi connectivity index (χ4v) is 4.01. The molecule has 8 nitrogen and oxygen atoms in total. The summed E-state index contributed by atoms with van der Waals surface area (Å²) in [5.41, 5.74) is -1.61. The molecule has 0 fully saturated rings. The number of esters is 1. The lowest BCUT2D eigenvalue weighted by Crippen LogP contribution is -2.33. The van der Waals surface area contributed by atoms with E-state index in [0.717, 1.165) is 0 Å². The Morgan fingerprint density at radius 1 is 1.04 bits per heavy atom. The van der Waals surface area contributed by atoms with E-state index in [1.165, 1.54) is 0 Å². The number of carbonyl (C=O) groups excluding carboxylic acids is 2. The molecule has 0 aliphatic carbocycles. The Hall–Kier alpha value is -1.11. The molecule has 9 heteroatoms. The first-order valence-corrected chi connectivity index (χ1v) is 10.2. The average molecular weight is 381 g/mol. The minimum atomic E-state index is -3.63. The Kier molecular flexibility index (Phi) is 11.0. The minimum absolute atomic E-state index is 0.156. The van der Waals surface area contributed by atoms with Crippen molar-refractivity contribution in [3.63, 3.8) is 0 Å². The summed E-state index contributed by atoms with van der Waals surface area (Å²) in [6.07, 6.45) is 0.0525. The molecule has 25 heavy (non-hydrogen) atoms. The second-order valence-electron chi connectivity index (χ2n) is 6.21. The quantitative estimate of drug-likeness (QED) is 0.332. The van der Waals surface area contributed by atoms with Crippen molar-refractivity contribution in [3.05, 3.63) is 0 Å². The number of hydrogen-bond donors (Lipinski definition) is 1. The molecule has 0 saturated heterocycles. The summed E-state index contributed by atoms with van der Waals surface area (Å²) < 4.78 is 33.5. The summed E-state index contributed by atoms with van der Waals surface area (Å²) in [6.45, 7) is 11.1. The number of amides is 1. The lowest BCUT2D eigenvalue weighted by molar-refractivity contribution is -0.143. The third kappa shape index (κ3) is 9.82. The first kappa shape index (κ1) is 23.9. The van der Waals surface area contributed by atoms with Gasteiger partial charge in [0.25, 0.3) is 0 Å². The highest BCUT2D eigenvalue weighted by molar-refractivity contribution is 7.55. The van der Waals surface area contributed by atoms with E-state index in [-0.39, 0.29) is 32.8 Å². The Bertz CT molecular complexity index is 452. The van der Waals surface area contributed by atoms with Crippen LogP contribution in [0.1, 0.15) is 54.4 Å². The van der Waals surface area contributed by atoms with E-state index in [4.69, 9.17) is 18.5 Å². The van der Waals surface area contributed by atoms with Crippen molar-refractivity contribution >= 4 is 19.7 Å². The molecule has 1 atom stereocenters. The van der Waals surface area contributed by atoms with Gasteiger partial charge in [0.05, 0.1) is 19.8 Å². The van der Waals surface area contributed by atoms with Crippen LogP contribution in [0.5, 0.6) is 0 Å². The minimum Gasteiger partial charge on any atom is -0.465 e. The smallest absolute Gasteiger partial charge is 0.407 e. The van der Waals surface area contributed by atoms with E-state index in [0.29, 0.717) is 6.42 Å². The van der Waals surface area contributed by atoms with Gasteiger partial charge in [-0.15, -0.1) is 0 Å². The molecular formula is C16H32NO7P. The van der Waals surface area contributed by atoms with E-state index >= 15 is 0 Å². The molecule has 0 radical (unpaired) electrons. The van der Waals surface area contributed by atoms with Crippen LogP contribution in [0, 0.1) is 0 Å². The molecule has 0 rings (SSSR count). The van der Waals surface area contributed by atoms with Crippen molar-refractivity contribution in [2.75, 3.05) is 26.4 Å². The number of ether oxygens (including phenoxy) is 2. The van der Waals surface area contributed by atoms with E-state index in [9.17, 15) is 14.2 Å². The van der Waals surface area contributed by atoms with Gasteiger partial charge in [0.1, 0.15) is 5.60 Å². The summed E-state index contributed by atoms with van der Waals surface area (Å²) in [7, 11) is -3.63. The Labute approximate surface area is 150 Å². The second kappa shape index (κ2) is 11.5. The maximum Gasteiger partial charge on any atom is 0.407 e. The van der Waals surface area contributed by atoms with Crippen LogP contribution in [0.15, 0.2) is 0 Å². The van der Waals surface area contributed by atoms with Crippen LogP contribution in [0.2, 0.25) is 0 Å². The van der Waals surface area contributed by atoms with Gasteiger partial charge in [-0.2, -0.15) is 0 Å². The Balaban J connectivity index is 4.78. The van der Waals surface area contributed by atoms with Gasteiger partial charge in [0, 0.05) is 6.54 Å². The lowest BCUT2D eigenvalue weighted by Gasteiger charge is -2.25. The van der Waals surface area contributed by atoms with E-state index < -0.39 is 30.9 Å². The molecule has 0 aliphatic heterocycles. The highest BCUT2D eigenvalue weighted by Gasteiger charge is 2.41. The molecule has 0 aromatic carbocycles. The Morgan fingerprint density at radius 2 is 1.60 bits per heavy atom. The molecule has 0 aromatic heterocycles. The van der Waals surface area contributed by atoms with Crippen LogP contribution in [0.4, 0.5) is 4.79 Å². The van der Waals surface area contributed by atoms with Gasteiger partial charge in [0.15, 0.2) is 5.66 Å². The van der Waals surface area contributed by atoms with Crippen LogP contribution in [-0.4, -0.2) is 49.7 Å². The van der Waals surface area contributed by atoms with Crippen molar-refractivity contribution in [2.45, 2.75) is 65.6 Å². The van der Waals surface area contributed by atoms with Gasteiger partial charge in [-0.1, -0.05) is 0 Å². The molecule has 0 bridgehead atoms. The van der Waals surface area contributed by atoms with Gasteiger partial charge >= 0.3 is 19.7 Å². The first-order valence-electron chi connectivity index (χ1n) is 8.61. The fraction of sp³-hybridized carbons (Fsp3) is 0.875. The Morgan fingerprint density at radius 3 is 2.04 bits per heavy atom. The molecule has 0 saturated carbocycles. The summed E-state index contributed by atoms with van der Waals surface area (Å²) in [5.74, 6) is -0.620. The zero-order valence-corrected chi connectivity index (χ0v) is 17.0. The molecule has 1 amide bonds. The third-order valence-corrected chi connectivity index (χ3v) is 5.35. The number of alkyl carbamates (subject to hydrolysis) is 1. The number of carbonyl (C=O) groups is 2. The predicted molar refractivity (Wildman–Crippen MR) is 94.8 cm³/mol. The zero-order valence-electron chi connectivity index (χ0n) is 16.1. The number of hydrogen-bond acceptors (Lipinski definition) is 7. The van der Waals surface area contributed by atoms with Gasteiger partial charge in [0.2, 0.25) is 0 Å². The van der Waals surface area contributed by atoms with Crippen LogP contribution in [0.3, 0.4) is 0 Å². The van der Waals surface area contributed by atoms with Crippen LogP contribution in [-0.2, 0) is 27.9 Å². The SMILES string of the molecule is CCOC(=O)C(CCCNC(=O)OC(C)(C)C)P(=O)(OCC)OCC. The van der Waals surface area contributed by atoms with Crippen molar-refractivity contribution in [1.29, 1.82) is 0 Å². The van der Waals surface area contributed by atoms with Gasteiger partial charge in [-0.3, -0.25) is 9.36 Å². The predicted octanol–water partition coefficient (Wildman–Crippen LogP) is 3.49. The summed E-state index contributed by atoms with van der Waals surface area (Å²) in [4.78, 5) is 23.8. The molecule has 148 valence electrons. The van der Waals surface area contributed by atoms with Gasteiger partial charge in [-0.25, -0.2) is 4.79 Å². The maximum atomic E-state index is 12.9. The fourth-order valence-electron chi connectivity index (χ4n) is 2.02. The number of rotatable bonds is 11. The van der Waals surface area contributed by atoms with Crippen molar-refractivity contribution in [1.82, 2.24) is 5.32 Å². The largest absolute Gasteiger partial charge is 0.465 e. The van der Waals surface area contributed by atoms with Crippen molar-refractivity contribution in [3.8, 4) is 0 Å². The van der Waals surface area contributed by atoms with Crippen LogP contribution < -0.4 is 5.32 Å². The molecular weight excluding hydrogens is 349 g/mol. The summed E-state index contributed by atoms with van der Waals surface area (Å²) >= 11 is 0. The molecule has 1 N–H and O–H groups in total. The van der Waals surface area contributed by atoms with E-state index in [1.54, 1.807) is 41.5 Å². The molecule has 1 unspecified atom stereocenters. The van der Waals surface area contributed by atoms with Crippen molar-refractivity contribution < 1.29 is 32.7 Å². The summed E-state index contributed by atoms with van der Waals surface area (Å²) in [5, 5.41) is 2.60. The highest BCUT2D eigenvalue weighted by atomic mass is 31.2. The highest BCUT2D eigenvalue weighted by Crippen LogP contribution is 2.54. The molecule has 0 aromatic rings. The van der Waals surface area contributed by atoms with Crippen molar-refractivity contribution in [2.24, 2.45) is 0 Å². The lowest BCUT2D eigenvalue weighted by atomic mass is 10.2. The summed E-state index contributed by atoms with van der Waals surface area (Å²) in [6, 6.07) is 0. The third-order valence-electron chi connectivity index (χ3n) is 2.88. The standard InChI is InChI=1S/C16H32NO7P/c1-7-21-14(18)13(25(20,22-8-2)23-9-3)11-10-12-17-15(19)24-16(4,5)6/h13H,7-12H2,1-6H3,(H,17,19). The average Bonchev–Trinajstić information content (AvgIpc) is 2.45. The molecule has 0 aliphatic rings. The second-order valence-corrected chi connectivity index (χ2v) is 8.43. The first-order chi connectivity index (χ1) is 11.6. The normalized spacial score (nSPS) is 13.2. The molecule has 0 spiro atoms.